The van der Waals surface area contributed by atoms with Gasteiger partial charge in [0.25, 0.3) is 5.91 Å². The Hall–Kier alpha value is -1.81. The Bertz CT molecular complexity index is 387. The number of ether oxygens (including phenoxy) is 1. The molecule has 1 amide bonds. The van der Waals surface area contributed by atoms with E-state index in [4.69, 9.17) is 4.74 Å². The minimum Gasteiger partial charge on any atom is -0.484 e. The van der Waals surface area contributed by atoms with Gasteiger partial charge in [0.05, 0.1) is 6.10 Å². The lowest BCUT2D eigenvalue weighted by Crippen LogP contribution is -2.28. The Morgan fingerprint density at radius 3 is 2.72 bits per heavy atom. The molecule has 1 unspecified atom stereocenters. The molecule has 0 aliphatic carbocycles. The molecule has 1 aromatic carbocycles. The van der Waals surface area contributed by atoms with Crippen molar-refractivity contribution in [2.75, 3.05) is 13.2 Å². The lowest BCUT2D eigenvalue weighted by Gasteiger charge is -2.10. The highest BCUT2D eigenvalue weighted by Crippen LogP contribution is 2.19. The van der Waals surface area contributed by atoms with E-state index in [1.165, 1.54) is 0 Å². The Kier molecular flexibility index (Phi) is 5.94. The van der Waals surface area contributed by atoms with Crippen LogP contribution >= 0.6 is 0 Å². The molecule has 4 heteroatoms. The van der Waals surface area contributed by atoms with Gasteiger partial charge in [0, 0.05) is 6.54 Å². The van der Waals surface area contributed by atoms with Crippen molar-refractivity contribution >= 4 is 5.91 Å². The fourth-order valence-corrected chi connectivity index (χ4v) is 1.41. The van der Waals surface area contributed by atoms with Gasteiger partial charge in [-0.1, -0.05) is 25.1 Å². The Labute approximate surface area is 107 Å². The molecular formula is C14H19NO3. The molecule has 4 nitrogen and oxygen atoms in total. The first-order valence-corrected chi connectivity index (χ1v) is 5.95. The number of hydrogen-bond acceptors (Lipinski definition) is 3. The van der Waals surface area contributed by atoms with Gasteiger partial charge in [-0.25, -0.2) is 0 Å². The summed E-state index contributed by atoms with van der Waals surface area (Å²) < 4.78 is 5.31. The normalized spacial score (nSPS) is 11.7. The van der Waals surface area contributed by atoms with Crippen LogP contribution in [-0.2, 0) is 4.79 Å². The summed E-state index contributed by atoms with van der Waals surface area (Å²) in [6.07, 6.45) is 1.83. The van der Waals surface area contributed by atoms with E-state index < -0.39 is 6.10 Å². The highest BCUT2D eigenvalue weighted by atomic mass is 16.5. The number of aliphatic hydroxyl groups excluding tert-OH is 1. The molecular weight excluding hydrogens is 230 g/mol. The molecule has 1 rings (SSSR count). The van der Waals surface area contributed by atoms with Crippen molar-refractivity contribution in [1.82, 2.24) is 5.32 Å². The summed E-state index contributed by atoms with van der Waals surface area (Å²) in [4.78, 5) is 11.3. The zero-order valence-electron chi connectivity index (χ0n) is 10.6. The number of carbonyl (C=O) groups excluding carboxylic acids is 1. The zero-order chi connectivity index (χ0) is 13.4. The number of carbonyl (C=O) groups is 1. The maximum Gasteiger partial charge on any atom is 0.258 e. The fourth-order valence-electron chi connectivity index (χ4n) is 1.41. The largest absolute Gasteiger partial charge is 0.484 e. The summed E-state index contributed by atoms with van der Waals surface area (Å²) in [6, 6.07) is 7.08. The quantitative estimate of drug-likeness (QED) is 0.725. The molecule has 0 spiro atoms. The van der Waals surface area contributed by atoms with Gasteiger partial charge in [0.2, 0.25) is 0 Å². The molecule has 0 fully saturated rings. The molecule has 98 valence electrons. The molecule has 0 bridgehead atoms. The van der Waals surface area contributed by atoms with Gasteiger partial charge >= 0.3 is 0 Å². The summed E-state index contributed by atoms with van der Waals surface area (Å²) in [7, 11) is 0. The van der Waals surface area contributed by atoms with Gasteiger partial charge in [0.15, 0.2) is 6.61 Å². The number of nitrogens with one attached hydrogen (secondary N) is 1. The summed E-state index contributed by atoms with van der Waals surface area (Å²) in [6.45, 7) is 5.83. The van der Waals surface area contributed by atoms with E-state index >= 15 is 0 Å². The first kappa shape index (κ1) is 14.3. The number of hydrogen-bond donors (Lipinski definition) is 2. The van der Waals surface area contributed by atoms with Crippen molar-refractivity contribution in [3.63, 3.8) is 0 Å². The van der Waals surface area contributed by atoms with Crippen LogP contribution in [0.4, 0.5) is 0 Å². The lowest BCUT2D eigenvalue weighted by atomic mass is 10.1. The maximum absolute atomic E-state index is 11.3. The minimum absolute atomic E-state index is 0.0243. The molecule has 0 radical (unpaired) electrons. The summed E-state index contributed by atoms with van der Waals surface area (Å²) >= 11 is 0. The second kappa shape index (κ2) is 7.50. The first-order chi connectivity index (χ1) is 8.67. The summed E-state index contributed by atoms with van der Waals surface area (Å²) in [5.74, 6) is 0.420. The van der Waals surface area contributed by atoms with E-state index in [0.29, 0.717) is 18.7 Å². The topological polar surface area (TPSA) is 58.6 Å². The second-order valence-electron chi connectivity index (χ2n) is 3.87. The molecule has 0 aromatic heterocycles. The fraction of sp³-hybridized carbons (Fsp3) is 0.357. The predicted molar refractivity (Wildman–Crippen MR) is 70.4 cm³/mol. The van der Waals surface area contributed by atoms with Crippen molar-refractivity contribution in [2.24, 2.45) is 0 Å². The van der Waals surface area contributed by atoms with Gasteiger partial charge in [-0.05, 0) is 24.1 Å². The highest BCUT2D eigenvalue weighted by Gasteiger charge is 2.05. The van der Waals surface area contributed by atoms with Crippen molar-refractivity contribution in [3.8, 4) is 5.75 Å². The molecule has 0 aliphatic heterocycles. The van der Waals surface area contributed by atoms with Crippen molar-refractivity contribution in [3.05, 3.63) is 42.5 Å². The van der Waals surface area contributed by atoms with E-state index in [0.717, 1.165) is 5.56 Å². The monoisotopic (exact) mass is 249 g/mol. The van der Waals surface area contributed by atoms with Crippen LogP contribution in [0.25, 0.3) is 0 Å². The standard InChI is InChI=1S/C14H19NO3/c1-3-9-15-14(17)10-18-12-7-5-11(6-8-12)13(16)4-2/h3,5-8,13,16H,1,4,9-10H2,2H3,(H,15,17). The Morgan fingerprint density at radius 1 is 1.50 bits per heavy atom. The van der Waals surface area contributed by atoms with E-state index in [-0.39, 0.29) is 12.5 Å². The number of benzene rings is 1. The second-order valence-corrected chi connectivity index (χ2v) is 3.87. The van der Waals surface area contributed by atoms with E-state index in [9.17, 15) is 9.90 Å². The van der Waals surface area contributed by atoms with Crippen LogP contribution in [0, 0.1) is 0 Å². The maximum atomic E-state index is 11.3. The van der Waals surface area contributed by atoms with E-state index in [1.807, 2.05) is 6.92 Å². The molecule has 18 heavy (non-hydrogen) atoms. The zero-order valence-corrected chi connectivity index (χ0v) is 10.6. The third-order valence-electron chi connectivity index (χ3n) is 2.47. The Morgan fingerprint density at radius 2 is 2.17 bits per heavy atom. The van der Waals surface area contributed by atoms with Gasteiger partial charge in [-0.3, -0.25) is 4.79 Å². The van der Waals surface area contributed by atoms with Crippen LogP contribution in [0.5, 0.6) is 5.75 Å². The molecule has 0 saturated carbocycles. The SMILES string of the molecule is C=CCNC(=O)COc1ccc(C(O)CC)cc1. The molecule has 0 saturated heterocycles. The van der Waals surface area contributed by atoms with Gasteiger partial charge in [0.1, 0.15) is 5.75 Å². The average molecular weight is 249 g/mol. The van der Waals surface area contributed by atoms with Crippen molar-refractivity contribution < 1.29 is 14.6 Å². The van der Waals surface area contributed by atoms with Crippen LogP contribution in [0.15, 0.2) is 36.9 Å². The average Bonchev–Trinajstić information content (AvgIpc) is 2.42. The van der Waals surface area contributed by atoms with Crippen LogP contribution in [-0.4, -0.2) is 24.2 Å². The van der Waals surface area contributed by atoms with Crippen LogP contribution in [0.3, 0.4) is 0 Å². The molecule has 0 heterocycles. The van der Waals surface area contributed by atoms with Gasteiger partial charge in [-0.2, -0.15) is 0 Å². The number of aliphatic hydroxyl groups is 1. The molecule has 0 aliphatic rings. The van der Waals surface area contributed by atoms with E-state index in [2.05, 4.69) is 11.9 Å². The van der Waals surface area contributed by atoms with Crippen LogP contribution in [0.1, 0.15) is 25.0 Å². The van der Waals surface area contributed by atoms with Gasteiger partial charge < -0.3 is 15.2 Å². The lowest BCUT2D eigenvalue weighted by molar-refractivity contribution is -0.122. The number of amides is 1. The Balaban J connectivity index is 2.44. The highest BCUT2D eigenvalue weighted by molar-refractivity contribution is 5.77. The van der Waals surface area contributed by atoms with Crippen LogP contribution in [0.2, 0.25) is 0 Å². The third-order valence-corrected chi connectivity index (χ3v) is 2.47. The first-order valence-electron chi connectivity index (χ1n) is 5.95. The van der Waals surface area contributed by atoms with E-state index in [1.54, 1.807) is 30.3 Å². The van der Waals surface area contributed by atoms with Crippen molar-refractivity contribution in [2.45, 2.75) is 19.4 Å². The van der Waals surface area contributed by atoms with Crippen LogP contribution < -0.4 is 10.1 Å². The molecule has 1 atom stereocenters. The third kappa shape index (κ3) is 4.59. The molecule has 1 aromatic rings. The predicted octanol–water partition coefficient (Wildman–Crippen LogP) is 1.81. The summed E-state index contributed by atoms with van der Waals surface area (Å²) in [5, 5.41) is 12.2. The molecule has 2 N–H and O–H groups in total. The summed E-state index contributed by atoms with van der Waals surface area (Å²) in [5.41, 5.74) is 0.848. The van der Waals surface area contributed by atoms with Crippen molar-refractivity contribution in [1.29, 1.82) is 0 Å². The van der Waals surface area contributed by atoms with Gasteiger partial charge in [-0.15, -0.1) is 6.58 Å². The number of rotatable bonds is 7. The smallest absolute Gasteiger partial charge is 0.258 e. The minimum atomic E-state index is -0.449.